The van der Waals surface area contributed by atoms with Crippen molar-refractivity contribution in [2.24, 2.45) is 0 Å². The first-order valence-corrected chi connectivity index (χ1v) is 12.6. The number of hydrogen-bond donors (Lipinski definition) is 3. The molecule has 170 valence electrons. The molecule has 0 spiro atoms. The van der Waals surface area contributed by atoms with Gasteiger partial charge in [-0.05, 0) is 43.4 Å². The lowest BCUT2D eigenvalue weighted by Gasteiger charge is -2.26. The fraction of sp³-hybridized carbons (Fsp3) is 0.455. The molecule has 8 nitrogen and oxygen atoms in total. The number of benzene rings is 1. The van der Waals surface area contributed by atoms with Crippen molar-refractivity contribution < 1.29 is 28.3 Å². The van der Waals surface area contributed by atoms with E-state index in [9.17, 15) is 18.3 Å². The summed E-state index contributed by atoms with van der Waals surface area (Å²) in [6, 6.07) is 5.49. The van der Waals surface area contributed by atoms with Crippen molar-refractivity contribution in [1.82, 2.24) is 10.5 Å². The van der Waals surface area contributed by atoms with Gasteiger partial charge in [-0.25, -0.2) is 18.9 Å². The SMILES string of the molecule is CC(CCc1nc2ccc(C#CC#CC3(O)CCOCC3)cc2s1)(C(=O)NO)S(C)(=O)=O. The highest BCUT2D eigenvalue weighted by Gasteiger charge is 2.43. The number of fused-ring (bicyclic) bond motifs is 1. The third kappa shape index (κ3) is 5.47. The lowest BCUT2D eigenvalue weighted by molar-refractivity contribution is -0.131. The second-order valence-corrected chi connectivity index (χ2v) is 11.4. The Labute approximate surface area is 190 Å². The maximum Gasteiger partial charge on any atom is 0.264 e. The Hall–Kier alpha value is -2.47. The third-order valence-corrected chi connectivity index (χ3v) is 8.64. The standard InChI is InChI=1S/C22H24N2O6S2/c1-21(20(25)24-27,32(2,28)29)10-8-19-23-17-7-6-16(15-18(17)31-19)5-3-4-9-22(26)11-13-30-14-12-22/h6-7,15,26-27H,8,10-14H2,1-2H3,(H,24,25). The number of nitrogens with zero attached hydrogens (tertiary/aromatic N) is 1. The molecule has 1 aromatic heterocycles. The van der Waals surface area contributed by atoms with Crippen LogP contribution in [0.3, 0.4) is 0 Å². The van der Waals surface area contributed by atoms with E-state index in [0.717, 1.165) is 22.0 Å². The van der Waals surface area contributed by atoms with Gasteiger partial charge in [0.1, 0.15) is 10.3 Å². The molecule has 1 amide bonds. The molecule has 0 saturated carbocycles. The molecule has 1 aliphatic rings. The van der Waals surface area contributed by atoms with Gasteiger partial charge in [0, 0.05) is 31.1 Å². The Balaban J connectivity index is 1.74. The van der Waals surface area contributed by atoms with Gasteiger partial charge in [0.2, 0.25) is 0 Å². The van der Waals surface area contributed by atoms with Gasteiger partial charge in [-0.1, -0.05) is 11.8 Å². The van der Waals surface area contributed by atoms with Crippen molar-refractivity contribution in [1.29, 1.82) is 0 Å². The van der Waals surface area contributed by atoms with Gasteiger partial charge >= 0.3 is 0 Å². The average Bonchev–Trinajstić information content (AvgIpc) is 3.16. The van der Waals surface area contributed by atoms with Crippen molar-refractivity contribution in [3.8, 4) is 23.7 Å². The van der Waals surface area contributed by atoms with Crippen molar-refractivity contribution in [2.75, 3.05) is 19.5 Å². The smallest absolute Gasteiger partial charge is 0.264 e. The summed E-state index contributed by atoms with van der Waals surface area (Å²) >= 11 is 1.39. The van der Waals surface area contributed by atoms with Gasteiger partial charge < -0.3 is 9.84 Å². The quantitative estimate of drug-likeness (QED) is 0.339. The number of aromatic nitrogens is 1. The molecule has 1 unspecified atom stereocenters. The number of thiazole rings is 1. The van der Waals surface area contributed by atoms with Crippen LogP contribution in [0.4, 0.5) is 0 Å². The summed E-state index contributed by atoms with van der Waals surface area (Å²) in [6.07, 6.45) is 2.14. The fourth-order valence-electron chi connectivity index (χ4n) is 3.17. The third-order valence-electron chi connectivity index (χ3n) is 5.53. The van der Waals surface area contributed by atoms with E-state index in [1.54, 1.807) is 0 Å². The topological polar surface area (TPSA) is 126 Å². The van der Waals surface area contributed by atoms with E-state index in [1.165, 1.54) is 23.7 Å². The van der Waals surface area contributed by atoms with E-state index in [0.29, 0.717) is 31.1 Å². The number of amides is 1. The van der Waals surface area contributed by atoms with Gasteiger partial charge in [0.25, 0.3) is 5.91 Å². The summed E-state index contributed by atoms with van der Waals surface area (Å²) in [5.74, 6) is 10.3. The molecule has 2 aromatic rings. The van der Waals surface area contributed by atoms with Crippen LogP contribution in [-0.2, 0) is 25.8 Å². The van der Waals surface area contributed by atoms with Gasteiger partial charge in [-0.15, -0.1) is 11.3 Å². The monoisotopic (exact) mass is 476 g/mol. The highest BCUT2D eigenvalue weighted by molar-refractivity contribution is 7.92. The molecule has 1 saturated heterocycles. The van der Waals surface area contributed by atoms with E-state index in [2.05, 4.69) is 28.7 Å². The number of hydrogen-bond acceptors (Lipinski definition) is 8. The van der Waals surface area contributed by atoms with E-state index in [1.807, 2.05) is 18.2 Å². The molecule has 0 aliphatic carbocycles. The second-order valence-electron chi connectivity index (χ2n) is 7.88. The van der Waals surface area contributed by atoms with Crippen LogP contribution < -0.4 is 5.48 Å². The summed E-state index contributed by atoms with van der Waals surface area (Å²) in [6.45, 7) is 2.25. The number of aryl methyl sites for hydroxylation is 1. The maximum atomic E-state index is 12.1. The molecule has 0 bridgehead atoms. The minimum absolute atomic E-state index is 0.0196. The van der Waals surface area contributed by atoms with Crippen LogP contribution in [0.1, 0.15) is 36.8 Å². The molecule has 10 heteroatoms. The number of nitrogens with one attached hydrogen (secondary N) is 1. The number of sulfone groups is 1. The molecule has 1 atom stereocenters. The minimum Gasteiger partial charge on any atom is -0.381 e. The first kappa shape index (κ1) is 24.2. The van der Waals surface area contributed by atoms with Crippen LogP contribution in [-0.4, -0.2) is 59.4 Å². The lowest BCUT2D eigenvalue weighted by atomic mass is 9.95. The van der Waals surface area contributed by atoms with Crippen molar-refractivity contribution in [2.45, 2.75) is 43.0 Å². The van der Waals surface area contributed by atoms with E-state index >= 15 is 0 Å². The molecule has 3 N–H and O–H groups in total. The van der Waals surface area contributed by atoms with Gasteiger partial charge in [0.05, 0.1) is 28.4 Å². The summed E-state index contributed by atoms with van der Waals surface area (Å²) < 4.78 is 28.5. The average molecular weight is 477 g/mol. The molecule has 1 fully saturated rings. The molecule has 1 aliphatic heterocycles. The van der Waals surface area contributed by atoms with Crippen LogP contribution in [0.2, 0.25) is 0 Å². The first-order chi connectivity index (χ1) is 15.1. The maximum absolute atomic E-state index is 12.1. The number of aliphatic hydroxyl groups is 1. The zero-order valence-corrected chi connectivity index (χ0v) is 19.4. The molecule has 3 rings (SSSR count). The predicted molar refractivity (Wildman–Crippen MR) is 121 cm³/mol. The zero-order valence-electron chi connectivity index (χ0n) is 17.8. The lowest BCUT2D eigenvalue weighted by Crippen LogP contribution is -2.49. The Kier molecular flexibility index (Phi) is 7.23. The highest BCUT2D eigenvalue weighted by atomic mass is 32.2. The molecule has 1 aromatic carbocycles. The van der Waals surface area contributed by atoms with E-state index < -0.39 is 26.1 Å². The van der Waals surface area contributed by atoms with Crippen LogP contribution in [0.5, 0.6) is 0 Å². The molecule has 0 radical (unpaired) electrons. The minimum atomic E-state index is -3.76. The summed E-state index contributed by atoms with van der Waals surface area (Å²) in [5.41, 5.74) is 1.88. The first-order valence-electron chi connectivity index (χ1n) is 9.93. The number of rotatable bonds is 5. The van der Waals surface area contributed by atoms with E-state index in [4.69, 9.17) is 9.94 Å². The van der Waals surface area contributed by atoms with Crippen molar-refractivity contribution in [3.63, 3.8) is 0 Å². The second kappa shape index (κ2) is 9.57. The molecular weight excluding hydrogens is 452 g/mol. The predicted octanol–water partition coefficient (Wildman–Crippen LogP) is 1.43. The Morgan fingerprint density at radius 1 is 1.34 bits per heavy atom. The number of ether oxygens (including phenoxy) is 1. The number of carbonyl (C=O) groups excluding carboxylic acids is 1. The summed E-state index contributed by atoms with van der Waals surface area (Å²) in [5, 5.41) is 19.9. The van der Waals surface area contributed by atoms with E-state index in [-0.39, 0.29) is 12.8 Å². The van der Waals surface area contributed by atoms with Crippen LogP contribution >= 0.6 is 11.3 Å². The largest absolute Gasteiger partial charge is 0.381 e. The normalized spacial score (nSPS) is 17.4. The highest BCUT2D eigenvalue weighted by Crippen LogP contribution is 2.28. The van der Waals surface area contributed by atoms with Gasteiger partial charge in [-0.3, -0.25) is 10.0 Å². The van der Waals surface area contributed by atoms with Crippen molar-refractivity contribution >= 4 is 37.3 Å². The number of carbonyl (C=O) groups is 1. The van der Waals surface area contributed by atoms with Gasteiger partial charge in [-0.2, -0.15) is 0 Å². The van der Waals surface area contributed by atoms with Gasteiger partial charge in [0.15, 0.2) is 9.84 Å². The molecule has 32 heavy (non-hydrogen) atoms. The van der Waals surface area contributed by atoms with Crippen LogP contribution in [0.15, 0.2) is 18.2 Å². The Morgan fingerprint density at radius 2 is 2.06 bits per heavy atom. The Morgan fingerprint density at radius 3 is 2.72 bits per heavy atom. The summed E-state index contributed by atoms with van der Waals surface area (Å²) in [7, 11) is -3.76. The number of hydroxylamine groups is 1. The van der Waals surface area contributed by atoms with Crippen molar-refractivity contribution in [3.05, 3.63) is 28.8 Å². The Bertz CT molecular complexity index is 1240. The fourth-order valence-corrected chi connectivity index (χ4v) is 5.03. The molecular formula is C22H24N2O6S2. The zero-order chi connectivity index (χ0) is 23.4. The summed E-state index contributed by atoms with van der Waals surface area (Å²) in [4.78, 5) is 16.5. The van der Waals surface area contributed by atoms with Crippen LogP contribution in [0, 0.1) is 23.7 Å². The van der Waals surface area contributed by atoms with Crippen LogP contribution in [0.25, 0.3) is 10.2 Å². The molecule has 2 heterocycles.